The van der Waals surface area contributed by atoms with Gasteiger partial charge in [-0.3, -0.25) is 4.79 Å². The lowest BCUT2D eigenvalue weighted by Crippen LogP contribution is -2.25. The van der Waals surface area contributed by atoms with Gasteiger partial charge in [-0.25, -0.2) is 4.68 Å². The van der Waals surface area contributed by atoms with Gasteiger partial charge in [0.25, 0.3) is 5.56 Å². The summed E-state index contributed by atoms with van der Waals surface area (Å²) < 4.78 is 1.37. The van der Waals surface area contributed by atoms with Crippen molar-refractivity contribution in [3.63, 3.8) is 0 Å². The highest BCUT2D eigenvalue weighted by Gasteiger charge is 2.06. The quantitative estimate of drug-likeness (QED) is 0.740. The van der Waals surface area contributed by atoms with Crippen LogP contribution in [0.1, 0.15) is 5.56 Å². The summed E-state index contributed by atoms with van der Waals surface area (Å²) in [6.45, 7) is 2.30. The predicted molar refractivity (Wildman–Crippen MR) is 98.8 cm³/mol. The van der Waals surface area contributed by atoms with Crippen LogP contribution in [0.4, 0.5) is 5.69 Å². The van der Waals surface area contributed by atoms with Gasteiger partial charge in [0.15, 0.2) is 0 Å². The van der Waals surface area contributed by atoms with Crippen LogP contribution >= 0.6 is 23.2 Å². The Labute approximate surface area is 149 Å². The molecule has 0 bridgehead atoms. The van der Waals surface area contributed by atoms with Crippen LogP contribution in [0.15, 0.2) is 59.4 Å². The summed E-state index contributed by atoms with van der Waals surface area (Å²) in [6, 6.07) is 16.3. The van der Waals surface area contributed by atoms with E-state index in [2.05, 4.69) is 10.4 Å². The summed E-state index contributed by atoms with van der Waals surface area (Å²) in [5, 5.41) is 8.50. The molecule has 1 aromatic heterocycles. The van der Waals surface area contributed by atoms with Gasteiger partial charge in [-0.05, 0) is 37.3 Å². The number of nitrogens with zero attached hydrogens (tertiary/aromatic N) is 2. The van der Waals surface area contributed by atoms with Crippen molar-refractivity contribution in [2.24, 2.45) is 0 Å². The van der Waals surface area contributed by atoms with Gasteiger partial charge in [0, 0.05) is 17.3 Å². The molecule has 0 radical (unpaired) electrons. The van der Waals surface area contributed by atoms with Gasteiger partial charge in [-0.15, -0.1) is 0 Å². The molecule has 6 heteroatoms. The smallest absolute Gasteiger partial charge is 0.268 e. The summed E-state index contributed by atoms with van der Waals surface area (Å²) in [7, 11) is 0. The number of benzene rings is 2. The van der Waals surface area contributed by atoms with Gasteiger partial charge in [-0.1, -0.05) is 47.0 Å². The molecular weight excluding hydrogens is 345 g/mol. The average Bonchev–Trinajstić information content (AvgIpc) is 2.58. The molecule has 0 fully saturated rings. The van der Waals surface area contributed by atoms with Crippen LogP contribution in [0.3, 0.4) is 0 Å². The first-order chi connectivity index (χ1) is 11.5. The fourth-order valence-electron chi connectivity index (χ4n) is 2.21. The molecule has 0 unspecified atom stereocenters. The van der Waals surface area contributed by atoms with E-state index in [4.69, 9.17) is 23.2 Å². The van der Waals surface area contributed by atoms with E-state index in [1.54, 1.807) is 18.2 Å². The standard InChI is InChI=1S/C18H15Cl2N3O/c1-12-2-5-14(6-3-12)21-11-23-18(24)9-8-17(22-23)13-4-7-15(19)16(20)10-13/h2-10,21H,11H2,1H3. The molecule has 0 aliphatic carbocycles. The van der Waals surface area contributed by atoms with Crippen molar-refractivity contribution in [3.8, 4) is 11.3 Å². The summed E-state index contributed by atoms with van der Waals surface area (Å²) >= 11 is 12.0. The fraction of sp³-hybridized carbons (Fsp3) is 0.111. The molecule has 1 heterocycles. The molecule has 3 aromatic rings. The lowest BCUT2D eigenvalue weighted by Gasteiger charge is -2.10. The molecule has 2 aromatic carbocycles. The molecular formula is C18H15Cl2N3O. The minimum atomic E-state index is -0.182. The molecule has 0 atom stereocenters. The van der Waals surface area contributed by atoms with Crippen LogP contribution in [-0.4, -0.2) is 9.78 Å². The van der Waals surface area contributed by atoms with E-state index < -0.39 is 0 Å². The molecule has 0 saturated carbocycles. The third kappa shape index (κ3) is 3.78. The maximum Gasteiger partial charge on any atom is 0.268 e. The van der Waals surface area contributed by atoms with Crippen molar-refractivity contribution in [1.82, 2.24) is 9.78 Å². The molecule has 0 amide bonds. The van der Waals surface area contributed by atoms with Crippen LogP contribution in [0, 0.1) is 6.92 Å². The monoisotopic (exact) mass is 359 g/mol. The number of hydrogen-bond donors (Lipinski definition) is 1. The zero-order valence-electron chi connectivity index (χ0n) is 13.0. The number of halogens is 2. The number of anilines is 1. The lowest BCUT2D eigenvalue weighted by atomic mass is 10.1. The highest BCUT2D eigenvalue weighted by Crippen LogP contribution is 2.27. The molecule has 24 heavy (non-hydrogen) atoms. The van der Waals surface area contributed by atoms with E-state index >= 15 is 0 Å². The third-order valence-electron chi connectivity index (χ3n) is 3.57. The van der Waals surface area contributed by atoms with Crippen molar-refractivity contribution in [2.75, 3.05) is 5.32 Å². The minimum absolute atomic E-state index is 0.182. The Bertz CT molecular complexity index is 920. The van der Waals surface area contributed by atoms with Crippen LogP contribution in [0.2, 0.25) is 10.0 Å². The van der Waals surface area contributed by atoms with E-state index in [0.29, 0.717) is 15.7 Å². The summed E-state index contributed by atoms with van der Waals surface area (Å²) in [6.07, 6.45) is 0. The van der Waals surface area contributed by atoms with Crippen molar-refractivity contribution >= 4 is 28.9 Å². The Morgan fingerprint density at radius 2 is 1.75 bits per heavy atom. The first kappa shape index (κ1) is 16.6. The van der Waals surface area contributed by atoms with Gasteiger partial charge in [-0.2, -0.15) is 5.10 Å². The molecule has 0 saturated heterocycles. The van der Waals surface area contributed by atoms with E-state index in [-0.39, 0.29) is 12.2 Å². The van der Waals surface area contributed by atoms with E-state index in [0.717, 1.165) is 11.3 Å². The maximum absolute atomic E-state index is 12.0. The summed E-state index contributed by atoms with van der Waals surface area (Å²) in [4.78, 5) is 12.0. The number of hydrogen-bond acceptors (Lipinski definition) is 3. The Kier molecular flexibility index (Phi) is 4.88. The predicted octanol–water partition coefficient (Wildman–Crippen LogP) is 4.60. The Balaban J connectivity index is 1.84. The van der Waals surface area contributed by atoms with Crippen molar-refractivity contribution in [2.45, 2.75) is 13.6 Å². The molecule has 0 aliphatic heterocycles. The Morgan fingerprint density at radius 3 is 2.46 bits per heavy atom. The van der Waals surface area contributed by atoms with E-state index in [1.165, 1.54) is 16.3 Å². The molecule has 0 aliphatic rings. The lowest BCUT2D eigenvalue weighted by molar-refractivity contribution is 0.628. The number of aryl methyl sites for hydroxylation is 1. The van der Waals surface area contributed by atoms with Gasteiger partial charge in [0.2, 0.25) is 0 Å². The zero-order valence-corrected chi connectivity index (χ0v) is 14.5. The molecule has 4 nitrogen and oxygen atoms in total. The number of aromatic nitrogens is 2. The van der Waals surface area contributed by atoms with Gasteiger partial charge < -0.3 is 5.32 Å². The van der Waals surface area contributed by atoms with Gasteiger partial charge in [0.05, 0.1) is 15.7 Å². The first-order valence-corrected chi connectivity index (χ1v) is 8.13. The van der Waals surface area contributed by atoms with Crippen molar-refractivity contribution in [1.29, 1.82) is 0 Å². The first-order valence-electron chi connectivity index (χ1n) is 7.37. The fourth-order valence-corrected chi connectivity index (χ4v) is 2.51. The molecule has 122 valence electrons. The number of nitrogens with one attached hydrogen (secondary N) is 1. The van der Waals surface area contributed by atoms with Crippen LogP contribution in [-0.2, 0) is 6.67 Å². The average molecular weight is 360 g/mol. The largest absolute Gasteiger partial charge is 0.366 e. The second-order valence-electron chi connectivity index (χ2n) is 5.39. The highest BCUT2D eigenvalue weighted by molar-refractivity contribution is 6.42. The second kappa shape index (κ2) is 7.07. The summed E-state index contributed by atoms with van der Waals surface area (Å²) in [5.74, 6) is 0. The van der Waals surface area contributed by atoms with Crippen LogP contribution in [0.25, 0.3) is 11.3 Å². The third-order valence-corrected chi connectivity index (χ3v) is 4.31. The molecule has 0 spiro atoms. The zero-order chi connectivity index (χ0) is 17.1. The van der Waals surface area contributed by atoms with Crippen molar-refractivity contribution in [3.05, 3.63) is 80.6 Å². The highest BCUT2D eigenvalue weighted by atomic mass is 35.5. The van der Waals surface area contributed by atoms with Crippen LogP contribution in [0.5, 0.6) is 0 Å². The maximum atomic E-state index is 12.0. The minimum Gasteiger partial charge on any atom is -0.366 e. The van der Waals surface area contributed by atoms with Crippen LogP contribution < -0.4 is 10.9 Å². The second-order valence-corrected chi connectivity index (χ2v) is 6.20. The SMILES string of the molecule is Cc1ccc(NCn2nc(-c3ccc(Cl)c(Cl)c3)ccc2=O)cc1. The molecule has 1 N–H and O–H groups in total. The van der Waals surface area contributed by atoms with Crippen molar-refractivity contribution < 1.29 is 0 Å². The normalized spacial score (nSPS) is 10.6. The molecule has 3 rings (SSSR count). The Hall–Kier alpha value is -2.30. The van der Waals surface area contributed by atoms with Gasteiger partial charge in [0.1, 0.15) is 6.67 Å². The number of rotatable bonds is 4. The summed E-state index contributed by atoms with van der Waals surface area (Å²) in [5.41, 5.74) is 3.37. The topological polar surface area (TPSA) is 46.9 Å². The van der Waals surface area contributed by atoms with Gasteiger partial charge >= 0.3 is 0 Å². The van der Waals surface area contributed by atoms with E-state index in [1.807, 2.05) is 37.3 Å². The Morgan fingerprint density at radius 1 is 1.00 bits per heavy atom. The van der Waals surface area contributed by atoms with E-state index in [9.17, 15) is 4.79 Å².